The Labute approximate surface area is 167 Å². The molecule has 0 aliphatic heterocycles. The zero-order chi connectivity index (χ0) is 20.4. The monoisotopic (exact) mass is 398 g/mol. The van der Waals surface area contributed by atoms with Crippen LogP contribution in [0.3, 0.4) is 0 Å². The number of carbonyl (C=O) groups is 2. The number of thiophene rings is 1. The SMILES string of the molecule is CC(=O)c1cc(O)c(CN(C)C)c2sc(NCc3ccccc3)c(C(=O)O)c12. The van der Waals surface area contributed by atoms with Crippen LogP contribution in [0.5, 0.6) is 5.75 Å². The quantitative estimate of drug-likeness (QED) is 0.517. The van der Waals surface area contributed by atoms with Crippen molar-refractivity contribution in [2.75, 3.05) is 19.4 Å². The number of phenols is 1. The molecule has 2 aromatic carbocycles. The number of anilines is 1. The number of carboxylic acids is 1. The van der Waals surface area contributed by atoms with Crippen LogP contribution in [0, 0.1) is 0 Å². The molecule has 7 heteroatoms. The molecule has 0 unspecified atom stereocenters. The largest absolute Gasteiger partial charge is 0.508 e. The zero-order valence-electron chi connectivity index (χ0n) is 15.9. The van der Waals surface area contributed by atoms with E-state index in [1.807, 2.05) is 49.3 Å². The van der Waals surface area contributed by atoms with Gasteiger partial charge in [-0.1, -0.05) is 30.3 Å². The third-order valence-corrected chi connectivity index (χ3v) is 5.61. The van der Waals surface area contributed by atoms with Crippen molar-refractivity contribution in [3.63, 3.8) is 0 Å². The van der Waals surface area contributed by atoms with Crippen molar-refractivity contribution in [3.05, 3.63) is 58.7 Å². The standard InChI is InChI=1S/C21H22N2O4S/c1-12(24)14-9-16(25)15(11-23(2)3)19-17(14)18(21(26)27)20(28-19)22-10-13-7-5-4-6-8-13/h4-9,22,25H,10-11H2,1-3H3,(H,26,27). The molecule has 1 heterocycles. The number of aromatic carboxylic acids is 1. The average Bonchev–Trinajstić information content (AvgIpc) is 3.02. The minimum Gasteiger partial charge on any atom is -0.508 e. The number of fused-ring (bicyclic) bond motifs is 1. The number of Topliss-reactive ketones (excluding diaryl/α,β-unsaturated/α-hetero) is 1. The lowest BCUT2D eigenvalue weighted by Gasteiger charge is -2.14. The molecule has 0 amide bonds. The highest BCUT2D eigenvalue weighted by Gasteiger charge is 2.26. The van der Waals surface area contributed by atoms with Gasteiger partial charge in [-0.05, 0) is 32.6 Å². The van der Waals surface area contributed by atoms with Crippen LogP contribution in [0.2, 0.25) is 0 Å². The molecule has 0 fully saturated rings. The molecule has 28 heavy (non-hydrogen) atoms. The van der Waals surface area contributed by atoms with E-state index in [0.717, 1.165) is 5.56 Å². The van der Waals surface area contributed by atoms with Gasteiger partial charge in [0.15, 0.2) is 5.78 Å². The molecular formula is C21H22N2O4S. The molecule has 3 N–H and O–H groups in total. The second kappa shape index (κ2) is 8.00. The summed E-state index contributed by atoms with van der Waals surface area (Å²) in [5.41, 5.74) is 1.92. The molecule has 1 aromatic heterocycles. The average molecular weight is 398 g/mol. The Morgan fingerprint density at radius 3 is 2.43 bits per heavy atom. The van der Waals surface area contributed by atoms with Gasteiger partial charge in [-0.25, -0.2) is 4.79 Å². The molecule has 0 spiro atoms. The van der Waals surface area contributed by atoms with Crippen molar-refractivity contribution >= 4 is 38.2 Å². The fourth-order valence-electron chi connectivity index (χ4n) is 3.17. The predicted octanol–water partition coefficient (Wildman–Crippen LogP) is 4.18. The van der Waals surface area contributed by atoms with Gasteiger partial charge in [-0.3, -0.25) is 4.79 Å². The predicted molar refractivity (Wildman–Crippen MR) is 112 cm³/mol. The molecule has 3 aromatic rings. The van der Waals surface area contributed by atoms with Crippen LogP contribution < -0.4 is 5.32 Å². The number of carboxylic acid groups (broad SMARTS) is 1. The summed E-state index contributed by atoms with van der Waals surface area (Å²) < 4.78 is 0.617. The van der Waals surface area contributed by atoms with Crippen molar-refractivity contribution in [2.45, 2.75) is 20.0 Å². The molecule has 0 saturated carbocycles. The van der Waals surface area contributed by atoms with E-state index in [0.29, 0.717) is 33.7 Å². The van der Waals surface area contributed by atoms with Crippen molar-refractivity contribution < 1.29 is 19.8 Å². The number of hydrogen-bond acceptors (Lipinski definition) is 6. The molecule has 0 radical (unpaired) electrons. The second-order valence-corrected chi connectivity index (χ2v) is 7.89. The molecule has 0 bridgehead atoms. The van der Waals surface area contributed by atoms with Gasteiger partial charge in [0.2, 0.25) is 0 Å². The first-order chi connectivity index (χ1) is 13.3. The number of ketones is 1. The number of phenolic OH excluding ortho intramolecular Hbond substituents is 1. The fraction of sp³-hybridized carbons (Fsp3) is 0.238. The minimum absolute atomic E-state index is 0.000742. The molecule has 0 aliphatic rings. The molecule has 0 aliphatic carbocycles. The van der Waals surface area contributed by atoms with Crippen LogP contribution in [-0.4, -0.2) is 41.0 Å². The lowest BCUT2D eigenvalue weighted by atomic mass is 9.99. The Hall–Kier alpha value is -2.90. The third kappa shape index (κ3) is 3.85. The first-order valence-corrected chi connectivity index (χ1v) is 9.59. The number of nitrogens with one attached hydrogen (secondary N) is 1. The summed E-state index contributed by atoms with van der Waals surface area (Å²) in [5.74, 6) is -1.39. The summed E-state index contributed by atoms with van der Waals surface area (Å²) in [6.45, 7) is 2.26. The molecule has 146 valence electrons. The maximum Gasteiger partial charge on any atom is 0.339 e. The van der Waals surface area contributed by atoms with Crippen molar-refractivity contribution in [2.24, 2.45) is 0 Å². The van der Waals surface area contributed by atoms with Gasteiger partial charge >= 0.3 is 5.97 Å². The number of aromatic hydroxyl groups is 1. The number of hydrogen-bond donors (Lipinski definition) is 3. The van der Waals surface area contributed by atoms with Crippen LogP contribution in [0.25, 0.3) is 10.1 Å². The van der Waals surface area contributed by atoms with Gasteiger partial charge in [0.1, 0.15) is 16.3 Å². The van der Waals surface area contributed by atoms with Gasteiger partial charge in [0.05, 0.1) is 0 Å². The van der Waals surface area contributed by atoms with Gasteiger partial charge in [0, 0.05) is 34.3 Å². The Bertz CT molecular complexity index is 1040. The van der Waals surface area contributed by atoms with Gasteiger partial charge in [0.25, 0.3) is 0 Å². The first kappa shape index (κ1) is 19.9. The number of benzene rings is 2. The highest BCUT2D eigenvalue weighted by molar-refractivity contribution is 7.23. The molecular weight excluding hydrogens is 376 g/mol. The normalized spacial score (nSPS) is 11.1. The Balaban J connectivity index is 2.21. The summed E-state index contributed by atoms with van der Waals surface area (Å²) in [6.07, 6.45) is 0. The minimum atomic E-state index is -1.11. The van der Waals surface area contributed by atoms with E-state index in [2.05, 4.69) is 5.32 Å². The van der Waals surface area contributed by atoms with Crippen molar-refractivity contribution in [3.8, 4) is 5.75 Å². The van der Waals surface area contributed by atoms with E-state index in [-0.39, 0.29) is 22.7 Å². The van der Waals surface area contributed by atoms with Gasteiger partial charge < -0.3 is 20.4 Å². The Morgan fingerprint density at radius 2 is 1.86 bits per heavy atom. The zero-order valence-corrected chi connectivity index (χ0v) is 16.8. The number of nitrogens with zero attached hydrogens (tertiary/aromatic N) is 1. The van der Waals surface area contributed by atoms with E-state index in [9.17, 15) is 19.8 Å². The number of carbonyl (C=O) groups excluding carboxylic acids is 1. The summed E-state index contributed by atoms with van der Waals surface area (Å²) in [4.78, 5) is 26.2. The van der Waals surface area contributed by atoms with E-state index >= 15 is 0 Å². The second-order valence-electron chi connectivity index (χ2n) is 6.87. The van der Waals surface area contributed by atoms with Crippen molar-refractivity contribution in [1.29, 1.82) is 0 Å². The van der Waals surface area contributed by atoms with E-state index < -0.39 is 5.97 Å². The van der Waals surface area contributed by atoms with Gasteiger partial charge in [-0.15, -0.1) is 11.3 Å². The smallest absolute Gasteiger partial charge is 0.339 e. The molecule has 6 nitrogen and oxygen atoms in total. The van der Waals surface area contributed by atoms with E-state index in [4.69, 9.17) is 0 Å². The van der Waals surface area contributed by atoms with Crippen LogP contribution in [-0.2, 0) is 13.1 Å². The molecule has 3 rings (SSSR count). The lowest BCUT2D eigenvalue weighted by molar-refractivity contribution is 0.0700. The van der Waals surface area contributed by atoms with Crippen LogP contribution in [0.15, 0.2) is 36.4 Å². The molecule has 0 saturated heterocycles. The van der Waals surface area contributed by atoms with Gasteiger partial charge in [-0.2, -0.15) is 0 Å². The van der Waals surface area contributed by atoms with Crippen LogP contribution in [0.4, 0.5) is 5.00 Å². The number of rotatable bonds is 7. The first-order valence-electron chi connectivity index (χ1n) is 8.77. The van der Waals surface area contributed by atoms with Crippen molar-refractivity contribution in [1.82, 2.24) is 4.90 Å². The summed E-state index contributed by atoms with van der Waals surface area (Å²) >= 11 is 1.25. The Kier molecular flexibility index (Phi) is 5.67. The van der Waals surface area contributed by atoms with E-state index in [1.165, 1.54) is 24.3 Å². The lowest BCUT2D eigenvalue weighted by Crippen LogP contribution is -2.11. The summed E-state index contributed by atoms with van der Waals surface area (Å²) in [7, 11) is 3.73. The van der Waals surface area contributed by atoms with Crippen LogP contribution >= 0.6 is 11.3 Å². The van der Waals surface area contributed by atoms with Crippen LogP contribution in [0.1, 0.15) is 38.8 Å². The van der Waals surface area contributed by atoms with E-state index in [1.54, 1.807) is 0 Å². The summed E-state index contributed by atoms with van der Waals surface area (Å²) in [6, 6.07) is 11.0. The Morgan fingerprint density at radius 1 is 1.18 bits per heavy atom. The highest BCUT2D eigenvalue weighted by atomic mass is 32.1. The maximum atomic E-state index is 12.2. The third-order valence-electron chi connectivity index (χ3n) is 4.41. The molecule has 0 atom stereocenters. The topological polar surface area (TPSA) is 89.9 Å². The highest BCUT2D eigenvalue weighted by Crippen LogP contribution is 2.43. The fourth-order valence-corrected chi connectivity index (χ4v) is 4.41. The maximum absolute atomic E-state index is 12.2. The summed E-state index contributed by atoms with van der Waals surface area (Å²) in [5, 5.41) is 24.4.